The van der Waals surface area contributed by atoms with Gasteiger partial charge in [0.1, 0.15) is 0 Å². The number of ketones is 1. The predicted octanol–water partition coefficient (Wildman–Crippen LogP) is 4.72. The molecule has 154 valence electrons. The molecule has 2 aromatic carbocycles. The van der Waals surface area contributed by atoms with E-state index in [-0.39, 0.29) is 17.6 Å². The Kier molecular flexibility index (Phi) is 7.59. The number of amides is 1. The van der Waals surface area contributed by atoms with Crippen molar-refractivity contribution >= 4 is 17.4 Å². The number of nitrogens with zero attached hydrogens (tertiary/aromatic N) is 2. The fraction of sp³-hybridized carbons (Fsp3) is 0.440. The Balaban J connectivity index is 1.46. The number of piperidine rings is 1. The van der Waals surface area contributed by atoms with Crippen molar-refractivity contribution in [2.45, 2.75) is 39.5 Å². The van der Waals surface area contributed by atoms with Crippen LogP contribution in [0.3, 0.4) is 0 Å². The summed E-state index contributed by atoms with van der Waals surface area (Å²) in [6, 6.07) is 17.8. The number of hydrogen-bond donors (Lipinski definition) is 0. The lowest BCUT2D eigenvalue weighted by Crippen LogP contribution is -2.39. The number of anilines is 1. The van der Waals surface area contributed by atoms with Crippen molar-refractivity contribution in [3.63, 3.8) is 0 Å². The first-order valence-electron chi connectivity index (χ1n) is 10.8. The van der Waals surface area contributed by atoms with E-state index in [9.17, 15) is 9.59 Å². The number of hydrogen-bond acceptors (Lipinski definition) is 3. The Morgan fingerprint density at radius 3 is 2.28 bits per heavy atom. The van der Waals surface area contributed by atoms with Gasteiger partial charge in [-0.15, -0.1) is 0 Å². The lowest BCUT2D eigenvalue weighted by molar-refractivity contribution is -0.118. The first kappa shape index (κ1) is 21.3. The number of aryl methyl sites for hydroxylation is 1. The zero-order valence-corrected chi connectivity index (χ0v) is 17.6. The Labute approximate surface area is 174 Å². The minimum Gasteiger partial charge on any atom is -0.312 e. The molecule has 1 heterocycles. The molecule has 1 amide bonds. The van der Waals surface area contributed by atoms with E-state index < -0.39 is 0 Å². The molecule has 0 aromatic heterocycles. The van der Waals surface area contributed by atoms with Crippen LogP contribution in [0.1, 0.15) is 48.5 Å². The van der Waals surface area contributed by atoms with Crippen molar-refractivity contribution in [2.75, 3.05) is 31.1 Å². The molecule has 1 fully saturated rings. The second-order valence-corrected chi connectivity index (χ2v) is 7.93. The predicted molar refractivity (Wildman–Crippen MR) is 118 cm³/mol. The number of benzene rings is 2. The standard InChI is InChI=1S/C25H32N2O2/c1-3-24(28)27(23-8-5-4-6-9-23)17-7-16-26-18-14-22(15-19-26)25(29)21-12-10-20(2)11-13-21/h4-6,8-13,22H,3,7,14-19H2,1-2H3. The second kappa shape index (κ2) is 10.4. The summed E-state index contributed by atoms with van der Waals surface area (Å²) < 4.78 is 0. The Morgan fingerprint density at radius 2 is 1.66 bits per heavy atom. The van der Waals surface area contributed by atoms with Gasteiger partial charge in [-0.25, -0.2) is 0 Å². The fourth-order valence-corrected chi connectivity index (χ4v) is 4.02. The largest absolute Gasteiger partial charge is 0.312 e. The number of likely N-dealkylation sites (tertiary alicyclic amines) is 1. The molecule has 1 aliphatic rings. The first-order chi connectivity index (χ1) is 14.1. The van der Waals surface area contributed by atoms with Gasteiger partial charge in [0.25, 0.3) is 0 Å². The van der Waals surface area contributed by atoms with Gasteiger partial charge in [-0.2, -0.15) is 0 Å². The van der Waals surface area contributed by atoms with Crippen LogP contribution in [0.4, 0.5) is 5.69 Å². The van der Waals surface area contributed by atoms with Gasteiger partial charge >= 0.3 is 0 Å². The summed E-state index contributed by atoms with van der Waals surface area (Å²) in [7, 11) is 0. The number of para-hydroxylation sites is 1. The maximum atomic E-state index is 12.7. The van der Waals surface area contributed by atoms with Gasteiger partial charge in [0, 0.05) is 30.1 Å². The van der Waals surface area contributed by atoms with Crippen molar-refractivity contribution in [2.24, 2.45) is 5.92 Å². The third-order valence-corrected chi connectivity index (χ3v) is 5.82. The van der Waals surface area contributed by atoms with E-state index in [0.29, 0.717) is 6.42 Å². The minimum absolute atomic E-state index is 0.136. The molecule has 2 aromatic rings. The topological polar surface area (TPSA) is 40.6 Å². The van der Waals surface area contributed by atoms with Gasteiger partial charge in [0.2, 0.25) is 5.91 Å². The van der Waals surface area contributed by atoms with Gasteiger partial charge in [-0.3, -0.25) is 9.59 Å². The van der Waals surface area contributed by atoms with Gasteiger partial charge in [0.15, 0.2) is 5.78 Å². The van der Waals surface area contributed by atoms with Gasteiger partial charge in [-0.05, 0) is 58.0 Å². The van der Waals surface area contributed by atoms with Crippen LogP contribution in [-0.4, -0.2) is 42.8 Å². The molecule has 0 spiro atoms. The molecule has 4 heteroatoms. The molecule has 4 nitrogen and oxygen atoms in total. The average Bonchev–Trinajstić information content (AvgIpc) is 2.77. The van der Waals surface area contributed by atoms with Crippen molar-refractivity contribution in [3.05, 3.63) is 65.7 Å². The highest BCUT2D eigenvalue weighted by Crippen LogP contribution is 2.22. The first-order valence-corrected chi connectivity index (χ1v) is 10.8. The molecule has 0 atom stereocenters. The molecular weight excluding hydrogens is 360 g/mol. The third-order valence-electron chi connectivity index (χ3n) is 5.82. The molecule has 29 heavy (non-hydrogen) atoms. The molecule has 1 saturated heterocycles. The van der Waals surface area contributed by atoms with Crippen LogP contribution < -0.4 is 4.90 Å². The van der Waals surface area contributed by atoms with Crippen LogP contribution in [-0.2, 0) is 4.79 Å². The monoisotopic (exact) mass is 392 g/mol. The smallest absolute Gasteiger partial charge is 0.226 e. The maximum Gasteiger partial charge on any atom is 0.226 e. The number of carbonyl (C=O) groups excluding carboxylic acids is 2. The molecule has 0 unspecified atom stereocenters. The Hall–Kier alpha value is -2.46. The van der Waals surface area contributed by atoms with Crippen LogP contribution in [0, 0.1) is 12.8 Å². The van der Waals surface area contributed by atoms with Crippen molar-refractivity contribution in [1.82, 2.24) is 4.90 Å². The van der Waals surface area contributed by atoms with E-state index in [2.05, 4.69) is 4.90 Å². The SMILES string of the molecule is CCC(=O)N(CCCN1CCC(C(=O)c2ccc(C)cc2)CC1)c1ccccc1. The van der Waals surface area contributed by atoms with Crippen LogP contribution in [0.5, 0.6) is 0 Å². The summed E-state index contributed by atoms with van der Waals surface area (Å²) >= 11 is 0. The van der Waals surface area contributed by atoms with E-state index in [1.54, 1.807) is 0 Å². The Bertz CT molecular complexity index is 793. The van der Waals surface area contributed by atoms with Crippen molar-refractivity contribution < 1.29 is 9.59 Å². The van der Waals surface area contributed by atoms with E-state index in [0.717, 1.165) is 56.7 Å². The lowest BCUT2D eigenvalue weighted by Gasteiger charge is -2.32. The third kappa shape index (κ3) is 5.77. The average molecular weight is 393 g/mol. The minimum atomic E-state index is 0.136. The molecule has 0 aliphatic carbocycles. The molecule has 0 N–H and O–H groups in total. The van der Waals surface area contributed by atoms with Gasteiger partial charge in [0.05, 0.1) is 0 Å². The summed E-state index contributed by atoms with van der Waals surface area (Å²) in [6.07, 6.45) is 3.30. The molecular formula is C25H32N2O2. The Morgan fingerprint density at radius 1 is 1.00 bits per heavy atom. The molecule has 1 aliphatic heterocycles. The van der Waals surface area contributed by atoms with Crippen LogP contribution in [0.2, 0.25) is 0 Å². The number of rotatable bonds is 8. The zero-order valence-electron chi connectivity index (χ0n) is 17.6. The summed E-state index contributed by atoms with van der Waals surface area (Å²) in [5.41, 5.74) is 3.00. The fourth-order valence-electron chi connectivity index (χ4n) is 4.02. The van der Waals surface area contributed by atoms with Crippen LogP contribution in [0.15, 0.2) is 54.6 Å². The van der Waals surface area contributed by atoms with Crippen LogP contribution >= 0.6 is 0 Å². The van der Waals surface area contributed by atoms with E-state index in [1.807, 2.05) is 73.3 Å². The quantitative estimate of drug-likeness (QED) is 0.610. The van der Waals surface area contributed by atoms with Crippen molar-refractivity contribution in [3.8, 4) is 0 Å². The van der Waals surface area contributed by atoms with Gasteiger partial charge in [-0.1, -0.05) is 55.0 Å². The highest BCUT2D eigenvalue weighted by atomic mass is 16.2. The summed E-state index contributed by atoms with van der Waals surface area (Å²) in [6.45, 7) is 7.56. The maximum absolute atomic E-state index is 12.7. The second-order valence-electron chi connectivity index (χ2n) is 7.93. The summed E-state index contributed by atoms with van der Waals surface area (Å²) in [5, 5.41) is 0. The normalized spacial score (nSPS) is 15.2. The zero-order chi connectivity index (χ0) is 20.6. The van der Waals surface area contributed by atoms with E-state index in [4.69, 9.17) is 0 Å². The number of carbonyl (C=O) groups is 2. The highest BCUT2D eigenvalue weighted by molar-refractivity contribution is 5.98. The van der Waals surface area contributed by atoms with Gasteiger partial charge < -0.3 is 9.80 Å². The van der Waals surface area contributed by atoms with Crippen LogP contribution in [0.25, 0.3) is 0 Å². The molecule has 0 radical (unpaired) electrons. The highest BCUT2D eigenvalue weighted by Gasteiger charge is 2.25. The van der Waals surface area contributed by atoms with E-state index >= 15 is 0 Å². The molecule has 0 bridgehead atoms. The number of Topliss-reactive ketones (excluding diaryl/α,β-unsaturated/α-hetero) is 1. The molecule has 3 rings (SSSR count). The lowest BCUT2D eigenvalue weighted by atomic mass is 9.88. The molecule has 0 saturated carbocycles. The summed E-state index contributed by atoms with van der Waals surface area (Å²) in [5.74, 6) is 0.587. The summed E-state index contributed by atoms with van der Waals surface area (Å²) in [4.78, 5) is 29.4. The van der Waals surface area contributed by atoms with E-state index in [1.165, 1.54) is 5.56 Å². The van der Waals surface area contributed by atoms with Crippen molar-refractivity contribution in [1.29, 1.82) is 0 Å².